The summed E-state index contributed by atoms with van der Waals surface area (Å²) in [5.41, 5.74) is 13.7. The average Bonchev–Trinajstić information content (AvgIpc) is 3.12. The van der Waals surface area contributed by atoms with Crippen LogP contribution in [0.1, 0.15) is 77.9 Å². The van der Waals surface area contributed by atoms with E-state index in [4.69, 9.17) is 4.74 Å². The Kier molecular flexibility index (Phi) is 9.85. The zero-order chi connectivity index (χ0) is 35.5. The third-order valence-corrected chi connectivity index (χ3v) is 10.3. The van der Waals surface area contributed by atoms with Gasteiger partial charge >= 0.3 is 0 Å². The zero-order valence-electron chi connectivity index (χ0n) is 29.8. The molecule has 51 heavy (non-hydrogen) atoms. The van der Waals surface area contributed by atoms with Crippen molar-refractivity contribution < 1.29 is 20.1 Å². The van der Waals surface area contributed by atoms with Crippen LogP contribution < -0.4 is 4.74 Å². The summed E-state index contributed by atoms with van der Waals surface area (Å²) in [5.74, 6) is 1.49. The van der Waals surface area contributed by atoms with Gasteiger partial charge in [-0.15, -0.1) is 0 Å². The van der Waals surface area contributed by atoms with Crippen LogP contribution in [0.2, 0.25) is 0 Å². The van der Waals surface area contributed by atoms with Crippen molar-refractivity contribution in [2.24, 2.45) is 0 Å². The lowest BCUT2D eigenvalue weighted by atomic mass is 9.87. The number of fused-ring (bicyclic) bond motifs is 8. The van der Waals surface area contributed by atoms with Crippen LogP contribution in [0.25, 0.3) is 0 Å². The van der Waals surface area contributed by atoms with Crippen LogP contribution in [0.3, 0.4) is 0 Å². The first-order valence-electron chi connectivity index (χ1n) is 18.0. The monoisotopic (exact) mass is 674 g/mol. The second kappa shape index (κ2) is 14.8. The van der Waals surface area contributed by atoms with Crippen molar-refractivity contribution in [2.45, 2.75) is 65.2 Å². The van der Waals surface area contributed by atoms with Crippen LogP contribution in [0.4, 0.5) is 0 Å². The highest BCUT2D eigenvalue weighted by Gasteiger charge is 2.22. The molecule has 4 heteroatoms. The minimum absolute atomic E-state index is 0.213. The molecule has 1 aliphatic carbocycles. The third kappa shape index (κ3) is 7.66. The zero-order valence-corrected chi connectivity index (χ0v) is 29.8. The van der Waals surface area contributed by atoms with Gasteiger partial charge in [-0.3, -0.25) is 0 Å². The van der Waals surface area contributed by atoms with Crippen molar-refractivity contribution >= 4 is 0 Å². The summed E-state index contributed by atoms with van der Waals surface area (Å²) in [7, 11) is 1.71. The highest BCUT2D eigenvalue weighted by molar-refractivity contribution is 5.57. The number of rotatable bonds is 7. The minimum atomic E-state index is 0.213. The normalized spacial score (nSPS) is 12.5. The summed E-state index contributed by atoms with van der Waals surface area (Å²) in [6, 6.07) is 37.7. The first-order valence-corrected chi connectivity index (χ1v) is 18.0. The molecule has 0 aromatic heterocycles. The van der Waals surface area contributed by atoms with Crippen molar-refractivity contribution in [2.75, 3.05) is 7.11 Å². The van der Waals surface area contributed by atoms with Crippen LogP contribution in [-0.4, -0.2) is 22.4 Å². The molecule has 3 N–H and O–H groups in total. The fourth-order valence-corrected chi connectivity index (χ4v) is 7.84. The molecule has 0 saturated heterocycles. The maximum absolute atomic E-state index is 11.9. The number of phenolic OH excluding ortho intramolecular Hbond substituents is 3. The molecule has 0 fully saturated rings. The summed E-state index contributed by atoms with van der Waals surface area (Å²) < 4.78 is 6.15. The largest absolute Gasteiger partial charge is 0.507 e. The van der Waals surface area contributed by atoms with E-state index in [1.165, 1.54) is 16.7 Å². The molecule has 0 amide bonds. The number of benzene rings is 6. The number of ether oxygens (including phenoxy) is 1. The molecule has 0 aliphatic heterocycles. The first kappa shape index (κ1) is 34.0. The molecule has 0 spiro atoms. The van der Waals surface area contributed by atoms with Gasteiger partial charge in [-0.1, -0.05) is 120 Å². The van der Waals surface area contributed by atoms with Gasteiger partial charge in [-0.05, 0) is 106 Å². The number of aryl methyl sites for hydroxylation is 6. The Hall–Kier alpha value is -5.48. The van der Waals surface area contributed by atoms with Crippen LogP contribution in [-0.2, 0) is 51.4 Å². The molecule has 258 valence electrons. The summed E-state index contributed by atoms with van der Waals surface area (Å²) in [5, 5.41) is 35.5. The van der Waals surface area contributed by atoms with E-state index >= 15 is 0 Å². The molecular formula is C47H46O4. The van der Waals surface area contributed by atoms with Gasteiger partial charge in [-0.2, -0.15) is 0 Å². The van der Waals surface area contributed by atoms with E-state index in [0.29, 0.717) is 25.7 Å². The second-order valence-corrected chi connectivity index (χ2v) is 14.3. The molecule has 0 atom stereocenters. The number of hydrogen-bond donors (Lipinski definition) is 3. The van der Waals surface area contributed by atoms with Crippen molar-refractivity contribution in [1.82, 2.24) is 0 Å². The number of hydrogen-bond acceptors (Lipinski definition) is 4. The Morgan fingerprint density at radius 1 is 0.412 bits per heavy atom. The fourth-order valence-electron chi connectivity index (χ4n) is 7.84. The lowest BCUT2D eigenvalue weighted by Crippen LogP contribution is -2.06. The molecular weight excluding hydrogens is 629 g/mol. The average molecular weight is 675 g/mol. The van der Waals surface area contributed by atoms with E-state index in [2.05, 4.69) is 98.8 Å². The van der Waals surface area contributed by atoms with E-state index in [9.17, 15) is 15.3 Å². The molecule has 8 bridgehead atoms. The highest BCUT2D eigenvalue weighted by atomic mass is 16.5. The van der Waals surface area contributed by atoms with Crippen LogP contribution in [0.15, 0.2) is 109 Å². The molecule has 6 aromatic rings. The van der Waals surface area contributed by atoms with Crippen molar-refractivity contribution in [1.29, 1.82) is 0 Å². The van der Waals surface area contributed by atoms with Gasteiger partial charge in [0.1, 0.15) is 23.0 Å². The van der Waals surface area contributed by atoms with Gasteiger partial charge in [-0.25, -0.2) is 0 Å². The standard InChI is InChI=1S/C47H46O4/c1-30-18-36-26-40-22-34(16-14-32-10-6-4-7-11-32)23-41(46(40)50)27-37-19-31(2)21-39(45(37)49)29-43-25-35(17-15-33-12-8-5-9-13-33)24-42(47(43)51-3)28-38(20-30)44(36)48/h4-13,18-25,48-50H,14-17,26-29H2,1-3H3. The topological polar surface area (TPSA) is 69.9 Å². The van der Waals surface area contributed by atoms with Gasteiger partial charge in [0.05, 0.1) is 7.11 Å². The summed E-state index contributed by atoms with van der Waals surface area (Å²) in [4.78, 5) is 0. The summed E-state index contributed by atoms with van der Waals surface area (Å²) in [6.45, 7) is 4.12. The van der Waals surface area contributed by atoms with Crippen molar-refractivity contribution in [3.8, 4) is 23.0 Å². The quantitative estimate of drug-likeness (QED) is 0.158. The number of methoxy groups -OCH3 is 1. The number of aromatic hydroxyl groups is 3. The van der Waals surface area contributed by atoms with Gasteiger partial charge in [0, 0.05) is 25.7 Å². The van der Waals surface area contributed by atoms with Gasteiger partial charge in [0.15, 0.2) is 0 Å². The van der Waals surface area contributed by atoms with E-state index in [1.807, 2.05) is 24.3 Å². The van der Waals surface area contributed by atoms with E-state index < -0.39 is 0 Å². The molecule has 0 heterocycles. The smallest absolute Gasteiger partial charge is 0.125 e. The van der Waals surface area contributed by atoms with Gasteiger partial charge in [0.2, 0.25) is 0 Å². The second-order valence-electron chi connectivity index (χ2n) is 14.3. The van der Waals surface area contributed by atoms with E-state index in [1.54, 1.807) is 7.11 Å². The van der Waals surface area contributed by atoms with E-state index in [0.717, 1.165) is 92.6 Å². The molecule has 0 saturated carbocycles. The maximum Gasteiger partial charge on any atom is 0.125 e. The predicted molar refractivity (Wildman–Crippen MR) is 206 cm³/mol. The van der Waals surface area contributed by atoms with Gasteiger partial charge < -0.3 is 20.1 Å². The predicted octanol–water partition coefficient (Wildman–Crippen LogP) is 9.68. The molecule has 6 aromatic carbocycles. The first-order chi connectivity index (χ1) is 24.7. The Morgan fingerprint density at radius 2 is 0.706 bits per heavy atom. The molecule has 1 aliphatic rings. The summed E-state index contributed by atoms with van der Waals surface area (Å²) >= 11 is 0. The Labute approximate surface area is 301 Å². The number of phenols is 3. The van der Waals surface area contributed by atoms with Crippen molar-refractivity contribution in [3.63, 3.8) is 0 Å². The van der Waals surface area contributed by atoms with Crippen LogP contribution in [0.5, 0.6) is 23.0 Å². The van der Waals surface area contributed by atoms with Crippen LogP contribution >= 0.6 is 0 Å². The highest BCUT2D eigenvalue weighted by Crippen LogP contribution is 2.39. The minimum Gasteiger partial charge on any atom is -0.507 e. The molecule has 4 nitrogen and oxygen atoms in total. The fraction of sp³-hybridized carbons (Fsp3) is 0.234. The van der Waals surface area contributed by atoms with Crippen LogP contribution in [0, 0.1) is 13.8 Å². The lowest BCUT2D eigenvalue weighted by molar-refractivity contribution is 0.405. The molecule has 0 unspecified atom stereocenters. The SMILES string of the molecule is COc1c2cc(CCc3ccccc3)cc1Cc1cc(C)cc(c1O)Cc1cc(CCc3ccccc3)cc(c1O)Cc1cc(C)cc(c1O)C2. The van der Waals surface area contributed by atoms with Gasteiger partial charge in [0.25, 0.3) is 0 Å². The van der Waals surface area contributed by atoms with Crippen molar-refractivity contribution in [3.05, 3.63) is 187 Å². The lowest BCUT2D eigenvalue weighted by Gasteiger charge is -2.21. The summed E-state index contributed by atoms with van der Waals surface area (Å²) in [6.07, 6.45) is 5.15. The Balaban J connectivity index is 1.37. The van der Waals surface area contributed by atoms with E-state index in [-0.39, 0.29) is 17.2 Å². The Bertz CT molecular complexity index is 2080. The molecule has 7 rings (SSSR count). The Morgan fingerprint density at radius 3 is 1.06 bits per heavy atom. The third-order valence-electron chi connectivity index (χ3n) is 10.3. The molecule has 0 radical (unpaired) electrons. The maximum atomic E-state index is 11.9.